The number of carbonyl (C=O) groups excluding carboxylic acids is 2. The zero-order valence-electron chi connectivity index (χ0n) is 13.3. The molecule has 1 heterocycles. The maximum absolute atomic E-state index is 12.6. The molecule has 2 aromatic carbocycles. The van der Waals surface area contributed by atoms with E-state index in [0.717, 1.165) is 16.7 Å². The van der Waals surface area contributed by atoms with Crippen LogP contribution in [0.5, 0.6) is 5.75 Å². The molecule has 3 rings (SSSR count). The third-order valence-corrected chi connectivity index (χ3v) is 4.70. The Balaban J connectivity index is 1.94. The smallest absolute Gasteiger partial charge is 0.311 e. The minimum atomic E-state index is -0.574. The molecular weight excluding hydrogens is 380 g/mol. The fourth-order valence-electron chi connectivity index (χ4n) is 2.37. The van der Waals surface area contributed by atoms with E-state index in [1.165, 1.54) is 25.3 Å². The molecule has 1 fully saturated rings. The molecule has 2 aromatic rings. The number of benzene rings is 2. The summed E-state index contributed by atoms with van der Waals surface area (Å²) in [6, 6.07) is 10.6. The standard InChI is InChI=1S/C17H11ClN2O5S/c1-25-14-7-2-10(8-13(14)20(23)24)9-15-16(21)19(17(22)26-15)12-5-3-11(18)4-6-12/h2-9H,1H3/b15-9-. The van der Waals surface area contributed by atoms with Crippen LogP contribution in [0.15, 0.2) is 47.4 Å². The van der Waals surface area contributed by atoms with E-state index in [9.17, 15) is 19.7 Å². The molecule has 9 heteroatoms. The van der Waals surface area contributed by atoms with Crippen LogP contribution in [0.4, 0.5) is 16.2 Å². The molecule has 0 bridgehead atoms. The Labute approximate surface area is 157 Å². The van der Waals surface area contributed by atoms with Crippen molar-refractivity contribution in [1.82, 2.24) is 0 Å². The summed E-state index contributed by atoms with van der Waals surface area (Å²) in [5.74, 6) is -0.387. The number of imide groups is 1. The Morgan fingerprint density at radius 1 is 1.19 bits per heavy atom. The van der Waals surface area contributed by atoms with Crippen LogP contribution in [0.25, 0.3) is 6.08 Å². The van der Waals surface area contributed by atoms with Crippen molar-refractivity contribution in [2.45, 2.75) is 0 Å². The predicted molar refractivity (Wildman–Crippen MR) is 99.6 cm³/mol. The Morgan fingerprint density at radius 3 is 2.50 bits per heavy atom. The maximum Gasteiger partial charge on any atom is 0.311 e. The fourth-order valence-corrected chi connectivity index (χ4v) is 3.34. The van der Waals surface area contributed by atoms with Crippen LogP contribution in [0.2, 0.25) is 5.02 Å². The molecule has 0 radical (unpaired) electrons. The van der Waals surface area contributed by atoms with Crippen molar-refractivity contribution < 1.29 is 19.2 Å². The molecule has 26 heavy (non-hydrogen) atoms. The molecule has 0 spiro atoms. The summed E-state index contributed by atoms with van der Waals surface area (Å²) in [6.07, 6.45) is 1.44. The van der Waals surface area contributed by atoms with E-state index in [4.69, 9.17) is 16.3 Å². The highest BCUT2D eigenvalue weighted by molar-refractivity contribution is 8.19. The summed E-state index contributed by atoms with van der Waals surface area (Å²) in [5, 5.41) is 11.1. The van der Waals surface area contributed by atoms with E-state index in [1.54, 1.807) is 30.3 Å². The number of thioether (sulfide) groups is 1. The number of ether oxygens (including phenoxy) is 1. The monoisotopic (exact) mass is 390 g/mol. The average molecular weight is 391 g/mol. The normalized spacial score (nSPS) is 15.6. The highest BCUT2D eigenvalue weighted by Crippen LogP contribution is 2.37. The summed E-state index contributed by atoms with van der Waals surface area (Å²) in [7, 11) is 1.33. The van der Waals surface area contributed by atoms with Crippen molar-refractivity contribution in [3.8, 4) is 5.75 Å². The van der Waals surface area contributed by atoms with Gasteiger partial charge in [0.1, 0.15) is 0 Å². The Hall–Kier alpha value is -2.84. The number of nitro benzene ring substituents is 1. The van der Waals surface area contributed by atoms with Gasteiger partial charge in [0.05, 0.1) is 22.6 Å². The largest absolute Gasteiger partial charge is 0.490 e. The number of halogens is 1. The maximum atomic E-state index is 12.6. The Morgan fingerprint density at radius 2 is 1.88 bits per heavy atom. The van der Waals surface area contributed by atoms with Crippen LogP contribution >= 0.6 is 23.4 Å². The van der Waals surface area contributed by atoms with Gasteiger partial charge in [-0.05, 0) is 53.7 Å². The first-order valence-electron chi connectivity index (χ1n) is 7.26. The number of methoxy groups -OCH3 is 1. The molecule has 1 saturated heterocycles. The SMILES string of the molecule is COc1ccc(/C=C2\SC(=O)N(c3ccc(Cl)cc3)C2=O)cc1[N+](=O)[O-]. The highest BCUT2D eigenvalue weighted by atomic mass is 35.5. The topological polar surface area (TPSA) is 89.8 Å². The summed E-state index contributed by atoms with van der Waals surface area (Å²) in [6.45, 7) is 0. The lowest BCUT2D eigenvalue weighted by molar-refractivity contribution is -0.385. The van der Waals surface area contributed by atoms with E-state index in [-0.39, 0.29) is 16.3 Å². The molecule has 0 aliphatic carbocycles. The molecule has 0 atom stereocenters. The van der Waals surface area contributed by atoms with Crippen molar-refractivity contribution in [2.24, 2.45) is 0 Å². The van der Waals surface area contributed by atoms with Gasteiger partial charge < -0.3 is 4.74 Å². The summed E-state index contributed by atoms with van der Waals surface area (Å²) < 4.78 is 4.95. The average Bonchev–Trinajstić information content (AvgIpc) is 2.89. The van der Waals surface area contributed by atoms with Gasteiger partial charge in [0, 0.05) is 11.1 Å². The van der Waals surface area contributed by atoms with Gasteiger partial charge in [-0.2, -0.15) is 0 Å². The van der Waals surface area contributed by atoms with Crippen molar-refractivity contribution in [1.29, 1.82) is 0 Å². The molecule has 0 saturated carbocycles. The van der Waals surface area contributed by atoms with E-state index >= 15 is 0 Å². The Kier molecular flexibility index (Phi) is 4.97. The van der Waals surface area contributed by atoms with E-state index in [1.807, 2.05) is 0 Å². The predicted octanol–water partition coefficient (Wildman–Crippen LogP) is 4.50. The lowest BCUT2D eigenvalue weighted by atomic mass is 10.1. The fraction of sp³-hybridized carbons (Fsp3) is 0.0588. The molecule has 7 nitrogen and oxygen atoms in total. The van der Waals surface area contributed by atoms with Crippen LogP contribution in [0, 0.1) is 10.1 Å². The van der Waals surface area contributed by atoms with Gasteiger partial charge in [-0.1, -0.05) is 17.7 Å². The highest BCUT2D eigenvalue weighted by Gasteiger charge is 2.36. The minimum absolute atomic E-state index is 0.112. The molecular formula is C17H11ClN2O5S. The lowest BCUT2D eigenvalue weighted by Crippen LogP contribution is -2.27. The molecule has 0 unspecified atom stereocenters. The summed E-state index contributed by atoms with van der Waals surface area (Å²) in [5.41, 5.74) is 0.596. The van der Waals surface area contributed by atoms with Gasteiger partial charge >= 0.3 is 5.69 Å². The van der Waals surface area contributed by atoms with Crippen LogP contribution in [-0.4, -0.2) is 23.2 Å². The van der Waals surface area contributed by atoms with E-state index in [0.29, 0.717) is 16.3 Å². The quantitative estimate of drug-likeness (QED) is 0.434. The van der Waals surface area contributed by atoms with Crippen LogP contribution < -0.4 is 9.64 Å². The van der Waals surface area contributed by atoms with E-state index in [2.05, 4.69) is 0 Å². The van der Waals surface area contributed by atoms with Crippen molar-refractivity contribution in [3.05, 3.63) is 68.1 Å². The first kappa shape index (κ1) is 18.0. The number of hydrogen-bond donors (Lipinski definition) is 0. The van der Waals surface area contributed by atoms with Crippen molar-refractivity contribution >= 4 is 52.0 Å². The molecule has 0 aromatic heterocycles. The number of carbonyl (C=O) groups is 2. The zero-order chi connectivity index (χ0) is 18.8. The second-order valence-corrected chi connectivity index (χ2v) is 6.61. The van der Waals surface area contributed by atoms with Gasteiger partial charge in [0.2, 0.25) is 0 Å². The van der Waals surface area contributed by atoms with E-state index < -0.39 is 16.1 Å². The molecule has 2 amide bonds. The summed E-state index contributed by atoms with van der Waals surface area (Å²) >= 11 is 6.59. The minimum Gasteiger partial charge on any atom is -0.490 e. The zero-order valence-corrected chi connectivity index (χ0v) is 14.9. The summed E-state index contributed by atoms with van der Waals surface area (Å²) in [4.78, 5) is 36.5. The Bertz CT molecular complexity index is 943. The first-order valence-corrected chi connectivity index (χ1v) is 8.46. The third kappa shape index (κ3) is 3.42. The number of amides is 2. The molecule has 1 aliphatic heterocycles. The molecule has 1 aliphatic rings. The second kappa shape index (κ2) is 7.19. The third-order valence-electron chi connectivity index (χ3n) is 3.58. The van der Waals surface area contributed by atoms with Gasteiger partial charge in [0.25, 0.3) is 11.1 Å². The lowest BCUT2D eigenvalue weighted by Gasteiger charge is -2.12. The number of nitrogens with zero attached hydrogens (tertiary/aromatic N) is 2. The van der Waals surface area contributed by atoms with Crippen molar-refractivity contribution in [2.75, 3.05) is 12.0 Å². The van der Waals surface area contributed by atoms with Crippen LogP contribution in [-0.2, 0) is 4.79 Å². The molecule has 132 valence electrons. The molecule has 0 N–H and O–H groups in total. The number of anilines is 1. The second-order valence-electron chi connectivity index (χ2n) is 5.18. The van der Waals surface area contributed by atoms with Gasteiger partial charge in [-0.3, -0.25) is 19.7 Å². The van der Waals surface area contributed by atoms with Gasteiger partial charge in [0.15, 0.2) is 5.75 Å². The number of rotatable bonds is 4. The number of nitro groups is 1. The van der Waals surface area contributed by atoms with Crippen molar-refractivity contribution in [3.63, 3.8) is 0 Å². The number of hydrogen-bond acceptors (Lipinski definition) is 6. The van der Waals surface area contributed by atoms with Crippen LogP contribution in [0.3, 0.4) is 0 Å². The van der Waals surface area contributed by atoms with Crippen LogP contribution in [0.1, 0.15) is 5.56 Å². The van der Waals surface area contributed by atoms with Gasteiger partial charge in [-0.15, -0.1) is 0 Å². The first-order chi connectivity index (χ1) is 12.4. The van der Waals surface area contributed by atoms with Gasteiger partial charge in [-0.25, -0.2) is 4.90 Å².